The minimum atomic E-state index is 0. The van der Waals surface area contributed by atoms with Crippen molar-refractivity contribution in [2.75, 3.05) is 0 Å². The quantitative estimate of drug-likeness (QED) is 0.181. The third-order valence-electron chi connectivity index (χ3n) is 4.61. The third kappa shape index (κ3) is 3.48. The molecule has 1 aliphatic carbocycles. The van der Waals surface area contributed by atoms with Crippen molar-refractivity contribution in [3.8, 4) is 22.4 Å². The molecule has 0 atom stereocenters. The van der Waals surface area contributed by atoms with E-state index in [-0.39, 0.29) is 20.1 Å². The van der Waals surface area contributed by atoms with E-state index in [4.69, 9.17) is 4.98 Å². The zero-order chi connectivity index (χ0) is 17.7. The molecule has 1 nitrogen and oxygen atoms in total. The van der Waals surface area contributed by atoms with Crippen LogP contribution in [-0.2, 0) is 20.1 Å². The van der Waals surface area contributed by atoms with Gasteiger partial charge in [0.2, 0.25) is 0 Å². The van der Waals surface area contributed by atoms with Crippen molar-refractivity contribution in [3.05, 3.63) is 86.8 Å². The molecule has 0 unspecified atom stereocenters. The van der Waals surface area contributed by atoms with Crippen molar-refractivity contribution in [1.82, 2.24) is 4.98 Å². The SMILES string of the molecule is Brc1cc(Br)cc(-c2cc[c-]c(-c3cc4c5c(cccc5n3)C=C4)c2)c1.[Ir]. The molecule has 133 valence electrons. The molecular weight excluding hydrogens is 642 g/mol. The molecular formula is C23H12Br2IrN-. The summed E-state index contributed by atoms with van der Waals surface area (Å²) in [4.78, 5) is 4.89. The smallest absolute Gasteiger partial charge is 0.0607 e. The van der Waals surface area contributed by atoms with Gasteiger partial charge in [-0.1, -0.05) is 62.2 Å². The van der Waals surface area contributed by atoms with Gasteiger partial charge in [0.05, 0.1) is 5.52 Å². The number of nitrogens with zero attached hydrogens (tertiary/aromatic N) is 1. The summed E-state index contributed by atoms with van der Waals surface area (Å²) in [6, 6.07) is 24.2. The van der Waals surface area contributed by atoms with Crippen LogP contribution in [0.2, 0.25) is 0 Å². The third-order valence-corrected chi connectivity index (χ3v) is 5.53. The first kappa shape index (κ1) is 18.8. The number of aromatic nitrogens is 1. The van der Waals surface area contributed by atoms with Crippen LogP contribution in [0, 0.1) is 6.07 Å². The first-order valence-electron chi connectivity index (χ1n) is 8.28. The Morgan fingerprint density at radius 2 is 1.56 bits per heavy atom. The summed E-state index contributed by atoms with van der Waals surface area (Å²) >= 11 is 7.14. The van der Waals surface area contributed by atoms with E-state index in [1.807, 2.05) is 12.1 Å². The Morgan fingerprint density at radius 3 is 2.37 bits per heavy atom. The van der Waals surface area contributed by atoms with Crippen molar-refractivity contribution >= 4 is 54.9 Å². The normalized spacial score (nSPS) is 11.6. The van der Waals surface area contributed by atoms with Crippen molar-refractivity contribution in [3.63, 3.8) is 0 Å². The molecule has 5 rings (SSSR count). The zero-order valence-corrected chi connectivity index (χ0v) is 19.5. The predicted octanol–water partition coefficient (Wildman–Crippen LogP) is 7.38. The van der Waals surface area contributed by atoms with Crippen LogP contribution in [-0.4, -0.2) is 4.98 Å². The van der Waals surface area contributed by atoms with Crippen molar-refractivity contribution in [1.29, 1.82) is 0 Å². The van der Waals surface area contributed by atoms with Crippen LogP contribution in [0.5, 0.6) is 0 Å². The molecule has 27 heavy (non-hydrogen) atoms. The summed E-state index contributed by atoms with van der Waals surface area (Å²) in [5, 5.41) is 1.24. The van der Waals surface area contributed by atoms with E-state index in [2.05, 4.69) is 98.6 Å². The van der Waals surface area contributed by atoms with Crippen LogP contribution >= 0.6 is 31.9 Å². The number of pyridine rings is 1. The van der Waals surface area contributed by atoms with E-state index in [0.29, 0.717) is 0 Å². The number of rotatable bonds is 2. The molecule has 4 aromatic rings. The van der Waals surface area contributed by atoms with Crippen molar-refractivity contribution in [2.24, 2.45) is 0 Å². The molecule has 1 radical (unpaired) electrons. The molecule has 1 heterocycles. The van der Waals surface area contributed by atoms with E-state index in [1.165, 1.54) is 16.5 Å². The number of halogens is 2. The molecule has 0 fully saturated rings. The van der Waals surface area contributed by atoms with Crippen LogP contribution in [0.1, 0.15) is 11.1 Å². The summed E-state index contributed by atoms with van der Waals surface area (Å²) in [6.07, 6.45) is 4.32. The van der Waals surface area contributed by atoms with Gasteiger partial charge in [-0.05, 0) is 46.6 Å². The van der Waals surface area contributed by atoms with Crippen molar-refractivity contribution in [2.45, 2.75) is 0 Å². The van der Waals surface area contributed by atoms with Gasteiger partial charge < -0.3 is 0 Å². The van der Waals surface area contributed by atoms with Gasteiger partial charge in [-0.2, -0.15) is 0 Å². The fourth-order valence-corrected chi connectivity index (χ4v) is 4.74. The second-order valence-corrected chi connectivity index (χ2v) is 8.15. The Morgan fingerprint density at radius 1 is 0.778 bits per heavy atom. The van der Waals surface area contributed by atoms with E-state index < -0.39 is 0 Å². The standard InChI is InChI=1S/C23H12Br2N.Ir/c24-19-10-18(11-20(25)13-19)15-4-1-5-16(9-15)22-12-17-8-7-14-3-2-6-21(26-22)23(14)17;/h1-4,6-13H;/q-1;. The Hall–Kier alpha value is -1.58. The Kier molecular flexibility index (Phi) is 5.17. The number of hydrogen-bond donors (Lipinski definition) is 0. The maximum absolute atomic E-state index is 4.89. The van der Waals surface area contributed by atoms with E-state index in [1.54, 1.807) is 0 Å². The number of benzene rings is 3. The first-order chi connectivity index (χ1) is 12.7. The Labute approximate surface area is 188 Å². The molecule has 1 aromatic heterocycles. The molecule has 0 aliphatic heterocycles. The molecule has 0 spiro atoms. The molecule has 0 N–H and O–H groups in total. The molecule has 0 saturated carbocycles. The molecule has 0 bridgehead atoms. The maximum atomic E-state index is 4.89. The van der Waals surface area contributed by atoms with E-state index in [0.717, 1.165) is 36.8 Å². The minimum absolute atomic E-state index is 0. The summed E-state index contributed by atoms with van der Waals surface area (Å²) < 4.78 is 2.09. The van der Waals surface area contributed by atoms with E-state index in [9.17, 15) is 0 Å². The molecule has 0 amide bonds. The molecule has 3 aromatic carbocycles. The van der Waals surface area contributed by atoms with Gasteiger partial charge in [0.1, 0.15) is 0 Å². The van der Waals surface area contributed by atoms with Gasteiger partial charge in [-0.15, -0.1) is 35.4 Å². The van der Waals surface area contributed by atoms with Crippen LogP contribution in [0.15, 0.2) is 69.6 Å². The minimum Gasteiger partial charge on any atom is -0.296 e. The summed E-state index contributed by atoms with van der Waals surface area (Å²) in [6.45, 7) is 0. The fraction of sp³-hybridized carbons (Fsp3) is 0. The molecule has 4 heteroatoms. The zero-order valence-electron chi connectivity index (χ0n) is 14.0. The predicted molar refractivity (Wildman–Crippen MR) is 116 cm³/mol. The van der Waals surface area contributed by atoms with Crippen LogP contribution in [0.25, 0.3) is 45.4 Å². The van der Waals surface area contributed by atoms with Crippen molar-refractivity contribution < 1.29 is 20.1 Å². The average molecular weight is 654 g/mol. The van der Waals surface area contributed by atoms with Gasteiger partial charge in [-0.25, -0.2) is 0 Å². The van der Waals surface area contributed by atoms with Gasteiger partial charge in [0, 0.05) is 34.4 Å². The van der Waals surface area contributed by atoms with Gasteiger partial charge in [0.25, 0.3) is 0 Å². The topological polar surface area (TPSA) is 12.9 Å². The largest absolute Gasteiger partial charge is 0.296 e. The summed E-state index contributed by atoms with van der Waals surface area (Å²) in [7, 11) is 0. The van der Waals surface area contributed by atoms with Gasteiger partial charge in [-0.3, -0.25) is 4.98 Å². The van der Waals surface area contributed by atoms with Crippen LogP contribution in [0.4, 0.5) is 0 Å². The number of hydrogen-bond acceptors (Lipinski definition) is 1. The summed E-state index contributed by atoms with van der Waals surface area (Å²) in [5.74, 6) is 0. The fourth-order valence-electron chi connectivity index (χ4n) is 3.45. The van der Waals surface area contributed by atoms with E-state index >= 15 is 0 Å². The average Bonchev–Trinajstić information content (AvgIpc) is 3.06. The molecule has 0 saturated heterocycles. The second kappa shape index (κ2) is 7.44. The first-order valence-corrected chi connectivity index (χ1v) is 9.86. The second-order valence-electron chi connectivity index (χ2n) is 6.32. The summed E-state index contributed by atoms with van der Waals surface area (Å²) in [5.41, 5.74) is 7.74. The van der Waals surface area contributed by atoms with Crippen LogP contribution in [0.3, 0.4) is 0 Å². The van der Waals surface area contributed by atoms with Gasteiger partial charge in [0.15, 0.2) is 0 Å². The van der Waals surface area contributed by atoms with Gasteiger partial charge >= 0.3 is 0 Å². The Balaban J connectivity index is 0.00000180. The molecule has 1 aliphatic rings. The monoisotopic (exact) mass is 653 g/mol. The maximum Gasteiger partial charge on any atom is 0.0607 e. The Bertz CT molecular complexity index is 1190. The van der Waals surface area contributed by atoms with Crippen LogP contribution < -0.4 is 0 Å².